The summed E-state index contributed by atoms with van der Waals surface area (Å²) in [6, 6.07) is 3.15. The van der Waals surface area contributed by atoms with Crippen LogP contribution in [0.5, 0.6) is 5.75 Å². The summed E-state index contributed by atoms with van der Waals surface area (Å²) in [5.41, 5.74) is -3.79. The van der Waals surface area contributed by atoms with Crippen LogP contribution in [-0.4, -0.2) is 95.2 Å². The van der Waals surface area contributed by atoms with Gasteiger partial charge in [-0.1, -0.05) is 32.8 Å². The minimum atomic E-state index is -1.18. The van der Waals surface area contributed by atoms with Crippen molar-refractivity contribution in [3.05, 3.63) is 82.6 Å². The number of amides is 1. The van der Waals surface area contributed by atoms with Gasteiger partial charge in [0.05, 0.1) is 60.7 Å². The standard InChI is InChI=1S/C28H30N14O14S2/c1-3-4-5-6-24(29-14-55-21-12-23(20(42(52)53)11-18(21)40(48)49)58-28-32-34-36-38(28)13-15(2)56-54)30-26(45)16-9-22(19(41(50)51)10-17(16)39(46)47)57-27-31-33-35-37(27)8-7-25(43)44/h9-12,24,29,54H,2-8,13-14H2,1H3,(H,30,45)(H,43,44). The number of aromatic nitrogens is 8. The third kappa shape index (κ3) is 11.6. The molecule has 0 bridgehead atoms. The summed E-state index contributed by atoms with van der Waals surface area (Å²) in [6.45, 7) is 4.30. The van der Waals surface area contributed by atoms with Crippen LogP contribution in [0.2, 0.25) is 0 Å². The van der Waals surface area contributed by atoms with Crippen LogP contribution in [0.25, 0.3) is 0 Å². The lowest BCUT2D eigenvalue weighted by Gasteiger charge is -2.21. The lowest BCUT2D eigenvalue weighted by molar-refractivity contribution is -0.396. The second kappa shape index (κ2) is 20.3. The quantitative estimate of drug-likeness (QED) is 0.0196. The Morgan fingerprint density at radius 3 is 2.00 bits per heavy atom. The first-order valence-corrected chi connectivity index (χ1v) is 18.0. The van der Waals surface area contributed by atoms with E-state index in [9.17, 15) is 50.0 Å². The minimum absolute atomic E-state index is 0.0587. The molecule has 1 atom stereocenters. The number of tetrazole rings is 2. The molecule has 4 aromatic rings. The van der Waals surface area contributed by atoms with Gasteiger partial charge in [-0.3, -0.25) is 55.4 Å². The molecule has 1 unspecified atom stereocenters. The molecule has 308 valence electrons. The maximum absolute atomic E-state index is 13.7. The van der Waals surface area contributed by atoms with Crippen LogP contribution >= 0.6 is 23.5 Å². The predicted octanol–water partition coefficient (Wildman–Crippen LogP) is 3.34. The first kappa shape index (κ1) is 43.8. The Bertz CT molecular complexity index is 2220. The van der Waals surface area contributed by atoms with E-state index in [1.54, 1.807) is 0 Å². The Hall–Kier alpha value is -6.92. The fraction of sp³-hybridized carbons (Fsp3) is 0.357. The normalized spacial score (nSPS) is 11.4. The number of carboxylic acids is 1. The van der Waals surface area contributed by atoms with Gasteiger partial charge in [-0.05, 0) is 56.9 Å². The summed E-state index contributed by atoms with van der Waals surface area (Å²) in [4.78, 5) is 72.5. The van der Waals surface area contributed by atoms with Crippen LogP contribution in [0.4, 0.5) is 22.7 Å². The van der Waals surface area contributed by atoms with E-state index < -0.39 is 84.9 Å². The number of unbranched alkanes of at least 4 members (excludes halogenated alkanes) is 2. The molecule has 30 heteroatoms. The molecule has 0 fully saturated rings. The van der Waals surface area contributed by atoms with Crippen LogP contribution in [-0.2, 0) is 22.8 Å². The number of aryl methyl sites for hydroxylation is 1. The first-order valence-electron chi connectivity index (χ1n) is 16.3. The minimum Gasteiger partial charge on any atom is -0.481 e. The van der Waals surface area contributed by atoms with Crippen LogP contribution in [0.1, 0.15) is 49.4 Å². The number of ether oxygens (including phenoxy) is 1. The molecule has 58 heavy (non-hydrogen) atoms. The zero-order chi connectivity index (χ0) is 42.5. The molecule has 0 spiro atoms. The number of nitrogens with zero attached hydrogens (tertiary/aromatic N) is 12. The highest BCUT2D eigenvalue weighted by molar-refractivity contribution is 7.99. The molecule has 0 aliphatic heterocycles. The maximum atomic E-state index is 13.7. The summed E-state index contributed by atoms with van der Waals surface area (Å²) in [7, 11) is 0. The van der Waals surface area contributed by atoms with E-state index >= 15 is 0 Å². The largest absolute Gasteiger partial charge is 0.481 e. The molecule has 0 saturated carbocycles. The van der Waals surface area contributed by atoms with Crippen molar-refractivity contribution in [3.8, 4) is 5.75 Å². The topological polar surface area (TPSA) is 377 Å². The Labute approximate surface area is 331 Å². The van der Waals surface area contributed by atoms with Gasteiger partial charge in [0.25, 0.3) is 23.0 Å². The van der Waals surface area contributed by atoms with Gasteiger partial charge in [0.15, 0.2) is 11.5 Å². The van der Waals surface area contributed by atoms with Crippen molar-refractivity contribution in [3.63, 3.8) is 0 Å². The van der Waals surface area contributed by atoms with Gasteiger partial charge in [-0.2, -0.15) is 0 Å². The molecule has 4 rings (SSSR count). The molecule has 4 N–H and O–H groups in total. The summed E-state index contributed by atoms with van der Waals surface area (Å²) in [6.07, 6.45) is 0.692. The number of nitro groups is 4. The average molecular weight is 851 g/mol. The van der Waals surface area contributed by atoms with Crippen molar-refractivity contribution in [2.75, 3.05) is 6.73 Å². The number of aliphatic carboxylic acids is 1. The van der Waals surface area contributed by atoms with E-state index in [0.717, 1.165) is 27.9 Å². The number of hydrogen-bond acceptors (Lipinski definition) is 22. The Kier molecular flexibility index (Phi) is 15.3. The van der Waals surface area contributed by atoms with Gasteiger partial charge in [-0.15, -0.1) is 10.2 Å². The Balaban J connectivity index is 1.62. The second-order valence-electron chi connectivity index (χ2n) is 11.4. The number of carboxylic acid groups (broad SMARTS) is 1. The van der Waals surface area contributed by atoms with Crippen molar-refractivity contribution >= 4 is 58.1 Å². The highest BCUT2D eigenvalue weighted by Gasteiger charge is 2.31. The lowest BCUT2D eigenvalue weighted by atomic mass is 10.1. The number of nitrogens with one attached hydrogen (secondary N) is 2. The summed E-state index contributed by atoms with van der Waals surface area (Å²) in [5.74, 6) is -2.87. The van der Waals surface area contributed by atoms with Gasteiger partial charge in [0.2, 0.25) is 10.3 Å². The van der Waals surface area contributed by atoms with Crippen molar-refractivity contribution in [2.45, 2.75) is 78.4 Å². The first-order chi connectivity index (χ1) is 27.6. The number of nitro benzene ring substituents is 4. The van der Waals surface area contributed by atoms with E-state index in [4.69, 9.17) is 15.1 Å². The van der Waals surface area contributed by atoms with E-state index in [-0.39, 0.29) is 45.4 Å². The van der Waals surface area contributed by atoms with Crippen LogP contribution < -0.4 is 15.4 Å². The van der Waals surface area contributed by atoms with E-state index in [2.05, 4.69) is 53.2 Å². The number of benzene rings is 2. The summed E-state index contributed by atoms with van der Waals surface area (Å²) >= 11 is 1.19. The van der Waals surface area contributed by atoms with Gasteiger partial charge in [0, 0.05) is 6.07 Å². The fourth-order valence-electron chi connectivity index (χ4n) is 4.79. The molecule has 1 amide bonds. The molecule has 0 saturated heterocycles. The zero-order valence-electron chi connectivity index (χ0n) is 29.7. The van der Waals surface area contributed by atoms with Crippen LogP contribution in [0.15, 0.2) is 56.7 Å². The SMILES string of the molecule is C=C(Cn1nnnc1Sc1cc(OCNC(CCCCC)NC(=O)c2cc(Sc3nnnn3CCC(=O)O)c([N+](=O)[O-])cc2[N+](=O)[O-])c([N+](=O)[O-])cc1[N+](=O)[O-])OO. The van der Waals surface area contributed by atoms with Crippen molar-refractivity contribution < 1.29 is 49.3 Å². The third-order valence-corrected chi connectivity index (χ3v) is 9.55. The zero-order valence-corrected chi connectivity index (χ0v) is 31.4. The summed E-state index contributed by atoms with van der Waals surface area (Å²) in [5, 5.41) is 92.7. The second-order valence-corrected chi connectivity index (χ2v) is 13.5. The van der Waals surface area contributed by atoms with Gasteiger partial charge in [0.1, 0.15) is 18.8 Å². The molecule has 28 nitrogen and oxygen atoms in total. The molecular weight excluding hydrogens is 821 g/mol. The number of carbonyl (C=O) groups is 2. The molecular formula is C28H30N14O14S2. The molecule has 0 aliphatic carbocycles. The number of rotatable bonds is 24. The fourth-order valence-corrected chi connectivity index (χ4v) is 6.60. The monoisotopic (exact) mass is 850 g/mol. The predicted molar refractivity (Wildman–Crippen MR) is 193 cm³/mol. The molecule has 2 aromatic carbocycles. The number of carbonyl (C=O) groups excluding carboxylic acids is 1. The van der Waals surface area contributed by atoms with Crippen LogP contribution in [0.3, 0.4) is 0 Å². The highest BCUT2D eigenvalue weighted by Crippen LogP contribution is 2.42. The van der Waals surface area contributed by atoms with E-state index in [1.165, 1.54) is 0 Å². The Morgan fingerprint density at radius 2 is 1.43 bits per heavy atom. The highest BCUT2D eigenvalue weighted by atomic mass is 32.2. The lowest BCUT2D eigenvalue weighted by Crippen LogP contribution is -2.46. The van der Waals surface area contributed by atoms with Gasteiger partial charge < -0.3 is 20.0 Å². The van der Waals surface area contributed by atoms with Crippen molar-refractivity contribution in [2.24, 2.45) is 0 Å². The average Bonchev–Trinajstić information content (AvgIpc) is 3.81. The maximum Gasteiger partial charge on any atom is 0.317 e. The van der Waals surface area contributed by atoms with Crippen LogP contribution in [0, 0.1) is 40.5 Å². The molecule has 0 aliphatic rings. The smallest absolute Gasteiger partial charge is 0.317 e. The van der Waals surface area contributed by atoms with Gasteiger partial charge >= 0.3 is 11.7 Å². The molecule has 0 radical (unpaired) electrons. The summed E-state index contributed by atoms with van der Waals surface area (Å²) < 4.78 is 7.76. The van der Waals surface area contributed by atoms with Crippen molar-refractivity contribution in [1.29, 1.82) is 0 Å². The number of hydrogen-bond donors (Lipinski definition) is 4. The number of allylic oxidation sites excluding steroid dienone is 1. The van der Waals surface area contributed by atoms with E-state index in [1.807, 2.05) is 6.92 Å². The van der Waals surface area contributed by atoms with Gasteiger partial charge in [-0.25, -0.2) is 14.6 Å². The van der Waals surface area contributed by atoms with E-state index in [0.29, 0.717) is 48.5 Å². The third-order valence-electron chi connectivity index (χ3n) is 7.50. The Morgan fingerprint density at radius 1 is 0.862 bits per heavy atom. The van der Waals surface area contributed by atoms with Crippen molar-refractivity contribution in [1.82, 2.24) is 51.0 Å². The molecule has 2 aromatic heterocycles. The molecule has 2 heterocycles.